The molecule has 0 fully saturated rings. The average Bonchev–Trinajstić information content (AvgIpc) is 3.13. The number of benzene rings is 3. The first-order valence-corrected chi connectivity index (χ1v) is 12.7. The first-order chi connectivity index (χ1) is 16.8. The van der Waals surface area contributed by atoms with E-state index in [4.69, 9.17) is 16.3 Å². The van der Waals surface area contributed by atoms with Crippen LogP contribution in [-0.4, -0.2) is 40.4 Å². The molecule has 0 unspecified atom stereocenters. The van der Waals surface area contributed by atoms with Crippen LogP contribution in [0.5, 0.6) is 5.75 Å². The Hall–Kier alpha value is -3.62. The van der Waals surface area contributed by atoms with Gasteiger partial charge < -0.3 is 15.4 Å². The number of halogens is 1. The molecule has 1 aliphatic heterocycles. The lowest BCUT2D eigenvalue weighted by molar-refractivity contribution is -0.116. The van der Waals surface area contributed by atoms with Gasteiger partial charge in [-0.05, 0) is 54.0 Å². The van der Waals surface area contributed by atoms with E-state index < -0.39 is 15.7 Å². The summed E-state index contributed by atoms with van der Waals surface area (Å²) >= 11 is 5.89. The van der Waals surface area contributed by atoms with Gasteiger partial charge in [-0.3, -0.25) is 9.59 Å². The third-order valence-electron chi connectivity index (χ3n) is 5.55. The molecule has 0 spiro atoms. The van der Waals surface area contributed by atoms with E-state index in [2.05, 4.69) is 10.6 Å². The van der Waals surface area contributed by atoms with Crippen LogP contribution < -0.4 is 15.4 Å². The van der Waals surface area contributed by atoms with Crippen molar-refractivity contribution in [1.29, 1.82) is 0 Å². The molecule has 0 radical (unpaired) electrons. The van der Waals surface area contributed by atoms with Gasteiger partial charge in [-0.15, -0.1) is 0 Å². The lowest BCUT2D eigenvalue weighted by atomic mass is 10.0. The van der Waals surface area contributed by atoms with Gasteiger partial charge in [0.05, 0.1) is 12.0 Å². The van der Waals surface area contributed by atoms with E-state index in [9.17, 15) is 18.0 Å². The summed E-state index contributed by atoms with van der Waals surface area (Å²) in [5, 5.41) is 5.68. The fraction of sp³-hybridized carbons (Fsp3) is 0.154. The summed E-state index contributed by atoms with van der Waals surface area (Å²) in [6, 6.07) is 19.3. The first kappa shape index (κ1) is 24.5. The predicted molar refractivity (Wildman–Crippen MR) is 135 cm³/mol. The van der Waals surface area contributed by atoms with Gasteiger partial charge in [-0.2, -0.15) is 0 Å². The molecule has 0 aromatic heterocycles. The van der Waals surface area contributed by atoms with Gasteiger partial charge in [0.15, 0.2) is 0 Å². The highest BCUT2D eigenvalue weighted by Gasteiger charge is 2.34. The SMILES string of the molecule is COc1ccccc1-c1ccc(C(=O)NCCCNC(=O)C2=Cc3ccc(Cl)cc3S2(=O)=O)cc1. The van der Waals surface area contributed by atoms with Crippen molar-refractivity contribution in [2.24, 2.45) is 0 Å². The van der Waals surface area contributed by atoms with E-state index in [1.807, 2.05) is 36.4 Å². The van der Waals surface area contributed by atoms with Crippen molar-refractivity contribution >= 4 is 39.3 Å². The highest BCUT2D eigenvalue weighted by Crippen LogP contribution is 2.34. The highest BCUT2D eigenvalue weighted by molar-refractivity contribution is 7.96. The van der Waals surface area contributed by atoms with Crippen molar-refractivity contribution in [1.82, 2.24) is 10.6 Å². The van der Waals surface area contributed by atoms with E-state index in [0.717, 1.165) is 16.9 Å². The van der Waals surface area contributed by atoms with Crippen LogP contribution in [0.15, 0.2) is 76.5 Å². The molecule has 3 aromatic carbocycles. The molecular formula is C26H23ClN2O5S. The van der Waals surface area contributed by atoms with Gasteiger partial charge in [0, 0.05) is 29.2 Å². The van der Waals surface area contributed by atoms with Crippen molar-refractivity contribution in [3.05, 3.63) is 87.8 Å². The number of rotatable bonds is 8. The molecule has 2 N–H and O–H groups in total. The van der Waals surface area contributed by atoms with E-state index in [-0.39, 0.29) is 27.3 Å². The number of para-hydroxylation sites is 1. The standard InChI is InChI=1S/C26H23ClN2O5S/c1-34-22-6-3-2-5-21(22)17-7-9-18(10-8-17)25(30)28-13-4-14-29-26(31)24-15-19-11-12-20(27)16-23(19)35(24,32)33/h2-3,5-12,15-16H,4,13-14H2,1H3,(H,28,30)(H,29,31). The molecule has 2 amide bonds. The number of methoxy groups -OCH3 is 1. The molecule has 0 saturated carbocycles. The number of carbonyl (C=O) groups is 2. The average molecular weight is 511 g/mol. The van der Waals surface area contributed by atoms with Crippen LogP contribution in [0.1, 0.15) is 22.3 Å². The van der Waals surface area contributed by atoms with Gasteiger partial charge in [-0.25, -0.2) is 8.42 Å². The highest BCUT2D eigenvalue weighted by atomic mass is 35.5. The van der Waals surface area contributed by atoms with Crippen LogP contribution in [0.25, 0.3) is 17.2 Å². The minimum atomic E-state index is -3.90. The smallest absolute Gasteiger partial charge is 0.263 e. The third-order valence-corrected chi connectivity index (χ3v) is 7.60. The maximum Gasteiger partial charge on any atom is 0.263 e. The number of hydrogen-bond acceptors (Lipinski definition) is 5. The fourth-order valence-electron chi connectivity index (χ4n) is 3.75. The molecule has 1 heterocycles. The molecule has 0 bridgehead atoms. The number of amides is 2. The van der Waals surface area contributed by atoms with Crippen LogP contribution in [-0.2, 0) is 14.6 Å². The quantitative estimate of drug-likeness (QED) is 0.445. The number of fused-ring (bicyclic) bond motifs is 1. The Kier molecular flexibility index (Phi) is 7.23. The van der Waals surface area contributed by atoms with Crippen molar-refractivity contribution in [2.45, 2.75) is 11.3 Å². The molecule has 9 heteroatoms. The normalized spacial score (nSPS) is 13.5. The summed E-state index contributed by atoms with van der Waals surface area (Å²) in [4.78, 5) is 24.6. The van der Waals surface area contributed by atoms with E-state index in [1.54, 1.807) is 31.4 Å². The van der Waals surface area contributed by atoms with Crippen molar-refractivity contribution < 1.29 is 22.7 Å². The molecule has 0 atom stereocenters. The summed E-state index contributed by atoms with van der Waals surface area (Å²) < 4.78 is 30.6. The minimum absolute atomic E-state index is 0.0270. The Morgan fingerprint density at radius 2 is 1.60 bits per heavy atom. The van der Waals surface area contributed by atoms with Gasteiger partial charge in [-0.1, -0.05) is 48.0 Å². The first-order valence-electron chi connectivity index (χ1n) is 10.9. The lowest BCUT2D eigenvalue weighted by Crippen LogP contribution is -2.31. The van der Waals surface area contributed by atoms with Crippen LogP contribution in [0.2, 0.25) is 5.02 Å². The van der Waals surface area contributed by atoms with Gasteiger partial charge >= 0.3 is 0 Å². The number of ether oxygens (including phenoxy) is 1. The largest absolute Gasteiger partial charge is 0.496 e. The van der Waals surface area contributed by atoms with E-state index in [1.165, 1.54) is 12.1 Å². The number of hydrogen-bond donors (Lipinski definition) is 2. The van der Waals surface area contributed by atoms with E-state index >= 15 is 0 Å². The minimum Gasteiger partial charge on any atom is -0.496 e. The Morgan fingerprint density at radius 3 is 2.31 bits per heavy atom. The Bertz CT molecular complexity index is 1420. The summed E-state index contributed by atoms with van der Waals surface area (Å²) in [5.41, 5.74) is 2.81. The van der Waals surface area contributed by atoms with Crippen LogP contribution in [0, 0.1) is 0 Å². The third kappa shape index (κ3) is 5.23. The summed E-state index contributed by atoms with van der Waals surface area (Å²) in [6.45, 7) is 0.519. The van der Waals surface area contributed by atoms with Crippen molar-refractivity contribution in [3.63, 3.8) is 0 Å². The van der Waals surface area contributed by atoms with E-state index in [0.29, 0.717) is 24.1 Å². The second kappa shape index (κ2) is 10.3. The second-order valence-electron chi connectivity index (χ2n) is 7.84. The molecule has 0 aliphatic carbocycles. The van der Waals surface area contributed by atoms with Crippen molar-refractivity contribution in [2.75, 3.05) is 20.2 Å². The molecule has 35 heavy (non-hydrogen) atoms. The Balaban J connectivity index is 1.26. The Labute approximate surface area is 208 Å². The van der Waals surface area contributed by atoms with Gasteiger partial charge in [0.25, 0.3) is 11.8 Å². The fourth-order valence-corrected chi connectivity index (χ4v) is 5.54. The van der Waals surface area contributed by atoms with Crippen LogP contribution in [0.3, 0.4) is 0 Å². The molecule has 0 saturated heterocycles. The summed E-state index contributed by atoms with van der Waals surface area (Å²) in [6.07, 6.45) is 1.77. The maximum atomic E-state index is 12.6. The molecule has 7 nitrogen and oxygen atoms in total. The zero-order valence-electron chi connectivity index (χ0n) is 18.9. The molecule has 3 aromatic rings. The maximum absolute atomic E-state index is 12.6. The number of nitrogens with one attached hydrogen (secondary N) is 2. The van der Waals surface area contributed by atoms with Crippen molar-refractivity contribution in [3.8, 4) is 16.9 Å². The topological polar surface area (TPSA) is 102 Å². The molecular weight excluding hydrogens is 488 g/mol. The Morgan fingerprint density at radius 1 is 0.914 bits per heavy atom. The zero-order chi connectivity index (χ0) is 25.0. The lowest BCUT2D eigenvalue weighted by Gasteiger charge is -2.10. The monoisotopic (exact) mass is 510 g/mol. The number of carbonyl (C=O) groups excluding carboxylic acids is 2. The zero-order valence-corrected chi connectivity index (χ0v) is 20.4. The second-order valence-corrected chi connectivity index (χ2v) is 10.2. The summed E-state index contributed by atoms with van der Waals surface area (Å²) in [7, 11) is -2.29. The van der Waals surface area contributed by atoms with Gasteiger partial charge in [0.2, 0.25) is 9.84 Å². The predicted octanol–water partition coefficient (Wildman–Crippen LogP) is 4.08. The molecule has 180 valence electrons. The number of sulfone groups is 1. The van der Waals surface area contributed by atoms with Crippen LogP contribution in [0.4, 0.5) is 0 Å². The summed E-state index contributed by atoms with van der Waals surface area (Å²) in [5.74, 6) is -0.174. The van der Waals surface area contributed by atoms with Gasteiger partial charge in [0.1, 0.15) is 10.7 Å². The van der Waals surface area contributed by atoms with Crippen LogP contribution >= 0.6 is 11.6 Å². The molecule has 4 rings (SSSR count). The molecule has 1 aliphatic rings.